The van der Waals surface area contributed by atoms with Crippen molar-refractivity contribution in [2.45, 2.75) is 18.9 Å². The Kier molecular flexibility index (Phi) is 4.83. The average Bonchev–Trinajstić information content (AvgIpc) is 3.03. The van der Waals surface area contributed by atoms with Crippen LogP contribution in [0.4, 0.5) is 11.4 Å². The molecule has 1 saturated heterocycles. The Morgan fingerprint density at radius 1 is 1.38 bits per heavy atom. The first kappa shape index (κ1) is 17.8. The van der Waals surface area contributed by atoms with Gasteiger partial charge in [-0.2, -0.15) is 5.10 Å². The van der Waals surface area contributed by atoms with E-state index in [4.69, 9.17) is 10.5 Å². The number of nitrogens with zero attached hydrogens (tertiary/aromatic N) is 3. The number of piperidine rings is 1. The Morgan fingerprint density at radius 2 is 2.15 bits per heavy atom. The van der Waals surface area contributed by atoms with Crippen LogP contribution in [0.5, 0.6) is 5.75 Å². The fourth-order valence-electron chi connectivity index (χ4n) is 3.41. The Bertz CT molecular complexity index is 832. The van der Waals surface area contributed by atoms with Crippen LogP contribution < -0.4 is 15.8 Å². The maximum atomic E-state index is 12.9. The zero-order chi connectivity index (χ0) is 18.8. The molecule has 1 aromatic heterocycles. The molecule has 138 valence electrons. The van der Waals surface area contributed by atoms with Crippen LogP contribution in [0, 0.1) is 5.92 Å². The van der Waals surface area contributed by atoms with Crippen LogP contribution in [0.1, 0.15) is 24.4 Å². The Balaban J connectivity index is 1.84. The van der Waals surface area contributed by atoms with Crippen molar-refractivity contribution < 1.29 is 14.3 Å². The van der Waals surface area contributed by atoms with Gasteiger partial charge in [0.2, 0.25) is 11.8 Å². The molecule has 26 heavy (non-hydrogen) atoms. The maximum Gasteiger partial charge on any atom is 0.229 e. The molecule has 2 atom stereocenters. The summed E-state index contributed by atoms with van der Waals surface area (Å²) in [5.41, 5.74) is 7.80. The van der Waals surface area contributed by atoms with E-state index in [2.05, 4.69) is 10.4 Å². The number of rotatable bonds is 4. The topological polar surface area (TPSA) is 102 Å². The lowest BCUT2D eigenvalue weighted by molar-refractivity contribution is -0.140. The lowest BCUT2D eigenvalue weighted by atomic mass is 9.85. The normalized spacial score (nSPS) is 20.1. The first-order valence-electron chi connectivity index (χ1n) is 8.39. The van der Waals surface area contributed by atoms with Gasteiger partial charge >= 0.3 is 0 Å². The number of amides is 2. The highest BCUT2D eigenvalue weighted by Gasteiger charge is 2.39. The number of carbonyl (C=O) groups excluding carboxylic acids is 2. The summed E-state index contributed by atoms with van der Waals surface area (Å²) >= 11 is 0. The van der Waals surface area contributed by atoms with E-state index in [1.165, 1.54) is 7.11 Å². The number of ether oxygens (including phenoxy) is 1. The number of nitrogens with two attached hydrogens (primary N) is 1. The van der Waals surface area contributed by atoms with E-state index < -0.39 is 0 Å². The number of likely N-dealkylation sites (tertiary alicyclic amines) is 1. The number of methoxy groups -OCH3 is 1. The van der Waals surface area contributed by atoms with Gasteiger partial charge in [-0.3, -0.25) is 14.3 Å². The fraction of sp³-hybridized carbons (Fsp3) is 0.389. The van der Waals surface area contributed by atoms with Crippen LogP contribution in [0.25, 0.3) is 0 Å². The molecule has 3 rings (SSSR count). The number of hydrogen-bond acceptors (Lipinski definition) is 5. The highest BCUT2D eigenvalue weighted by Crippen LogP contribution is 2.36. The Hall–Kier alpha value is -3.03. The summed E-state index contributed by atoms with van der Waals surface area (Å²) in [7, 11) is 5.07. The van der Waals surface area contributed by atoms with Gasteiger partial charge in [-0.1, -0.05) is 0 Å². The van der Waals surface area contributed by atoms with Crippen LogP contribution in [-0.4, -0.2) is 40.7 Å². The van der Waals surface area contributed by atoms with E-state index in [0.29, 0.717) is 30.0 Å². The van der Waals surface area contributed by atoms with E-state index >= 15 is 0 Å². The summed E-state index contributed by atoms with van der Waals surface area (Å²) in [6, 6.07) is 4.76. The molecule has 1 aliphatic rings. The standard InChI is InChI=1S/C18H23N5O3/c1-22-10-11(9-20-22)17-13(5-7-16(24)23(17)2)18(25)21-12-4-6-15(26-3)14(19)8-12/h4,6,8-10,13,17H,5,7,19H2,1-3H3,(H,21,25). The number of nitrogens with one attached hydrogen (secondary N) is 1. The first-order chi connectivity index (χ1) is 12.4. The third-order valence-corrected chi connectivity index (χ3v) is 4.76. The molecule has 0 spiro atoms. The minimum atomic E-state index is -0.370. The van der Waals surface area contributed by atoms with Crippen molar-refractivity contribution in [3.8, 4) is 5.75 Å². The molecule has 1 fully saturated rings. The molecule has 0 bridgehead atoms. The van der Waals surface area contributed by atoms with Crippen molar-refractivity contribution in [2.24, 2.45) is 13.0 Å². The molecule has 0 radical (unpaired) electrons. The number of aryl methyl sites for hydroxylation is 1. The largest absolute Gasteiger partial charge is 0.495 e. The third-order valence-electron chi connectivity index (χ3n) is 4.76. The second kappa shape index (κ2) is 7.07. The Labute approximate surface area is 151 Å². The van der Waals surface area contributed by atoms with Crippen LogP contribution in [0.2, 0.25) is 0 Å². The molecule has 2 aromatic rings. The molecular formula is C18H23N5O3. The van der Waals surface area contributed by atoms with Gasteiger partial charge in [0.15, 0.2) is 0 Å². The van der Waals surface area contributed by atoms with Crippen molar-refractivity contribution in [1.29, 1.82) is 0 Å². The van der Waals surface area contributed by atoms with E-state index in [9.17, 15) is 9.59 Å². The van der Waals surface area contributed by atoms with Gasteiger partial charge in [-0.25, -0.2) is 0 Å². The van der Waals surface area contributed by atoms with Gasteiger partial charge in [0.1, 0.15) is 5.75 Å². The highest BCUT2D eigenvalue weighted by atomic mass is 16.5. The first-order valence-corrected chi connectivity index (χ1v) is 8.39. The molecular weight excluding hydrogens is 334 g/mol. The van der Waals surface area contributed by atoms with E-state index in [1.807, 2.05) is 13.2 Å². The van der Waals surface area contributed by atoms with Crippen LogP contribution in [0.15, 0.2) is 30.6 Å². The van der Waals surface area contributed by atoms with E-state index in [-0.39, 0.29) is 23.8 Å². The number of carbonyl (C=O) groups is 2. The summed E-state index contributed by atoms with van der Waals surface area (Å²) in [4.78, 5) is 26.7. The molecule has 8 heteroatoms. The second-order valence-electron chi connectivity index (χ2n) is 6.49. The van der Waals surface area contributed by atoms with Gasteiger partial charge in [0.05, 0.1) is 31.0 Å². The number of benzene rings is 1. The van der Waals surface area contributed by atoms with Gasteiger partial charge in [-0.05, 0) is 24.6 Å². The highest BCUT2D eigenvalue weighted by molar-refractivity contribution is 5.95. The second-order valence-corrected chi connectivity index (χ2v) is 6.49. The Morgan fingerprint density at radius 3 is 2.77 bits per heavy atom. The van der Waals surface area contributed by atoms with Crippen molar-refractivity contribution in [1.82, 2.24) is 14.7 Å². The minimum Gasteiger partial charge on any atom is -0.495 e. The van der Waals surface area contributed by atoms with Crippen molar-refractivity contribution in [2.75, 3.05) is 25.2 Å². The summed E-state index contributed by atoms with van der Waals surface area (Å²) < 4.78 is 6.80. The molecule has 1 aliphatic heterocycles. The zero-order valence-corrected chi connectivity index (χ0v) is 15.1. The van der Waals surface area contributed by atoms with Crippen LogP contribution in [0.3, 0.4) is 0 Å². The fourth-order valence-corrected chi connectivity index (χ4v) is 3.41. The number of hydrogen-bond donors (Lipinski definition) is 2. The molecule has 3 N–H and O–H groups in total. The molecule has 2 heterocycles. The molecule has 1 aromatic carbocycles. The van der Waals surface area contributed by atoms with E-state index in [0.717, 1.165) is 5.56 Å². The van der Waals surface area contributed by atoms with Crippen molar-refractivity contribution in [3.63, 3.8) is 0 Å². The minimum absolute atomic E-state index is 0.0246. The summed E-state index contributed by atoms with van der Waals surface area (Å²) in [6.45, 7) is 0. The number of nitrogen functional groups attached to an aromatic ring is 1. The predicted molar refractivity (Wildman–Crippen MR) is 97.5 cm³/mol. The smallest absolute Gasteiger partial charge is 0.229 e. The van der Waals surface area contributed by atoms with Crippen molar-refractivity contribution >= 4 is 23.2 Å². The molecule has 2 unspecified atom stereocenters. The third kappa shape index (κ3) is 3.35. The van der Waals surface area contributed by atoms with Gasteiger partial charge in [-0.15, -0.1) is 0 Å². The average molecular weight is 357 g/mol. The summed E-state index contributed by atoms with van der Waals surface area (Å²) in [5.74, 6) is 0.0591. The van der Waals surface area contributed by atoms with E-state index in [1.54, 1.807) is 41.0 Å². The van der Waals surface area contributed by atoms with Crippen LogP contribution >= 0.6 is 0 Å². The zero-order valence-electron chi connectivity index (χ0n) is 15.1. The molecule has 2 amide bonds. The van der Waals surface area contributed by atoms with Crippen LogP contribution in [-0.2, 0) is 16.6 Å². The quantitative estimate of drug-likeness (QED) is 0.809. The monoisotopic (exact) mass is 357 g/mol. The molecule has 0 aliphatic carbocycles. The van der Waals surface area contributed by atoms with Gasteiger partial charge in [0, 0.05) is 38.0 Å². The maximum absolute atomic E-state index is 12.9. The number of anilines is 2. The SMILES string of the molecule is COc1ccc(NC(=O)C2CCC(=O)N(C)C2c2cnn(C)c2)cc1N. The lowest BCUT2D eigenvalue weighted by Crippen LogP contribution is -2.44. The molecule has 8 nitrogen and oxygen atoms in total. The van der Waals surface area contributed by atoms with Gasteiger partial charge in [0.25, 0.3) is 0 Å². The number of aromatic nitrogens is 2. The van der Waals surface area contributed by atoms with Gasteiger partial charge < -0.3 is 20.7 Å². The summed E-state index contributed by atoms with van der Waals surface area (Å²) in [5, 5.41) is 7.08. The predicted octanol–water partition coefficient (Wildman–Crippen LogP) is 1.56. The molecule has 0 saturated carbocycles. The lowest BCUT2D eigenvalue weighted by Gasteiger charge is -2.37. The summed E-state index contributed by atoms with van der Waals surface area (Å²) in [6.07, 6.45) is 4.37. The van der Waals surface area contributed by atoms with Crippen molar-refractivity contribution in [3.05, 3.63) is 36.2 Å².